The van der Waals surface area contributed by atoms with E-state index in [4.69, 9.17) is 4.74 Å². The first-order valence-electron chi connectivity index (χ1n) is 6.11. The lowest BCUT2D eigenvalue weighted by molar-refractivity contribution is 0.242. The summed E-state index contributed by atoms with van der Waals surface area (Å²) in [6, 6.07) is 6.36. The van der Waals surface area contributed by atoms with Crippen molar-refractivity contribution in [3.63, 3.8) is 0 Å². The van der Waals surface area contributed by atoms with Gasteiger partial charge >= 0.3 is 0 Å². The normalized spacial score (nSPS) is 11.8. The van der Waals surface area contributed by atoms with Gasteiger partial charge in [-0.1, -0.05) is 0 Å². The number of hydrogen-bond acceptors (Lipinski definition) is 5. The fraction of sp³-hybridized carbons (Fsp3) is 0.308. The molecule has 5 nitrogen and oxygen atoms in total. The molecule has 2 rings (SSSR count). The highest BCUT2D eigenvalue weighted by Crippen LogP contribution is 2.17. The predicted molar refractivity (Wildman–Crippen MR) is 78.3 cm³/mol. The van der Waals surface area contributed by atoms with Gasteiger partial charge < -0.3 is 4.74 Å². The molecular formula is C13H16N2O3S2. The maximum atomic E-state index is 12.1. The maximum Gasteiger partial charge on any atom is 0.240 e. The van der Waals surface area contributed by atoms with E-state index in [0.717, 1.165) is 0 Å². The van der Waals surface area contributed by atoms with Gasteiger partial charge in [0.15, 0.2) is 0 Å². The molecule has 0 radical (unpaired) electrons. The highest BCUT2D eigenvalue weighted by Gasteiger charge is 2.14. The zero-order valence-electron chi connectivity index (χ0n) is 11.2. The van der Waals surface area contributed by atoms with E-state index in [9.17, 15) is 8.42 Å². The summed E-state index contributed by atoms with van der Waals surface area (Å²) < 4.78 is 32.2. The second-order valence-corrected chi connectivity index (χ2v) is 6.93. The highest BCUT2D eigenvalue weighted by molar-refractivity contribution is 7.89. The number of aromatic nitrogens is 1. The monoisotopic (exact) mass is 312 g/mol. The SMILES string of the molecule is CC(C)Oc1ccc(S(=O)(=O)NCc2cscn2)cc1. The molecule has 0 atom stereocenters. The Morgan fingerprint density at radius 3 is 2.55 bits per heavy atom. The van der Waals surface area contributed by atoms with Crippen molar-refractivity contribution in [1.82, 2.24) is 9.71 Å². The predicted octanol–water partition coefficient (Wildman–Crippen LogP) is 2.41. The number of nitrogens with zero attached hydrogens (tertiary/aromatic N) is 1. The van der Waals surface area contributed by atoms with Gasteiger partial charge in [-0.2, -0.15) is 0 Å². The molecular weight excluding hydrogens is 296 g/mol. The first kappa shape index (κ1) is 15.0. The Labute approximate surface area is 122 Å². The fourth-order valence-electron chi connectivity index (χ4n) is 1.55. The van der Waals surface area contributed by atoms with Gasteiger partial charge in [-0.05, 0) is 38.1 Å². The lowest BCUT2D eigenvalue weighted by Crippen LogP contribution is -2.23. The van der Waals surface area contributed by atoms with Gasteiger partial charge in [0.1, 0.15) is 5.75 Å². The molecule has 7 heteroatoms. The van der Waals surface area contributed by atoms with Crippen LogP contribution in [-0.4, -0.2) is 19.5 Å². The smallest absolute Gasteiger partial charge is 0.240 e. The molecule has 20 heavy (non-hydrogen) atoms. The minimum atomic E-state index is -3.52. The quantitative estimate of drug-likeness (QED) is 0.889. The van der Waals surface area contributed by atoms with E-state index < -0.39 is 10.0 Å². The summed E-state index contributed by atoms with van der Waals surface area (Å²) in [4.78, 5) is 4.24. The first-order valence-corrected chi connectivity index (χ1v) is 8.53. The number of sulfonamides is 1. The van der Waals surface area contributed by atoms with Crippen molar-refractivity contribution in [1.29, 1.82) is 0 Å². The summed E-state index contributed by atoms with van der Waals surface area (Å²) >= 11 is 1.43. The van der Waals surface area contributed by atoms with Gasteiger partial charge in [0.25, 0.3) is 0 Å². The van der Waals surface area contributed by atoms with Gasteiger partial charge in [-0.3, -0.25) is 0 Å². The molecule has 0 saturated carbocycles. The number of benzene rings is 1. The molecule has 1 aromatic heterocycles. The van der Waals surface area contributed by atoms with Crippen LogP contribution in [0.4, 0.5) is 0 Å². The van der Waals surface area contributed by atoms with Crippen LogP contribution >= 0.6 is 11.3 Å². The van der Waals surface area contributed by atoms with Crippen LogP contribution < -0.4 is 9.46 Å². The van der Waals surface area contributed by atoms with Crippen molar-refractivity contribution in [2.75, 3.05) is 0 Å². The average molecular weight is 312 g/mol. The van der Waals surface area contributed by atoms with Gasteiger partial charge in [-0.25, -0.2) is 18.1 Å². The Bertz CT molecular complexity index is 635. The molecule has 0 spiro atoms. The molecule has 0 bridgehead atoms. The van der Waals surface area contributed by atoms with E-state index in [2.05, 4.69) is 9.71 Å². The van der Waals surface area contributed by atoms with Crippen LogP contribution in [0.15, 0.2) is 40.1 Å². The van der Waals surface area contributed by atoms with Crippen LogP contribution in [0.25, 0.3) is 0 Å². The van der Waals surface area contributed by atoms with E-state index in [1.165, 1.54) is 23.5 Å². The third kappa shape index (κ3) is 4.03. The van der Waals surface area contributed by atoms with Crippen molar-refractivity contribution in [3.05, 3.63) is 40.8 Å². The Morgan fingerprint density at radius 2 is 2.00 bits per heavy atom. The molecule has 108 valence electrons. The average Bonchev–Trinajstić information content (AvgIpc) is 2.89. The van der Waals surface area contributed by atoms with Crippen LogP contribution in [0.3, 0.4) is 0 Å². The van der Waals surface area contributed by atoms with Crippen LogP contribution in [0.5, 0.6) is 5.75 Å². The lowest BCUT2D eigenvalue weighted by atomic mass is 10.3. The van der Waals surface area contributed by atoms with Gasteiger partial charge in [-0.15, -0.1) is 11.3 Å². The number of rotatable bonds is 6. The Hall–Kier alpha value is -1.44. The van der Waals surface area contributed by atoms with Crippen LogP contribution in [0, 0.1) is 0 Å². The molecule has 0 aliphatic heterocycles. The number of hydrogen-bond donors (Lipinski definition) is 1. The minimum Gasteiger partial charge on any atom is -0.491 e. The second kappa shape index (κ2) is 6.34. The Balaban J connectivity index is 2.05. The van der Waals surface area contributed by atoms with E-state index in [1.54, 1.807) is 17.6 Å². The highest BCUT2D eigenvalue weighted by atomic mass is 32.2. The van der Waals surface area contributed by atoms with Crippen LogP contribution in [0.1, 0.15) is 19.5 Å². The molecule has 1 N–H and O–H groups in total. The molecule has 0 unspecified atom stereocenters. The maximum absolute atomic E-state index is 12.1. The van der Waals surface area contributed by atoms with Crippen molar-refractivity contribution >= 4 is 21.4 Å². The summed E-state index contributed by atoms with van der Waals surface area (Å²) in [5, 5.41) is 1.81. The summed E-state index contributed by atoms with van der Waals surface area (Å²) in [7, 11) is -3.52. The third-order valence-corrected chi connectivity index (χ3v) is 4.49. The van der Waals surface area contributed by atoms with Crippen molar-refractivity contribution in [2.24, 2.45) is 0 Å². The molecule has 0 saturated heterocycles. The number of nitrogens with one attached hydrogen (secondary N) is 1. The first-order chi connectivity index (χ1) is 9.47. The van der Waals surface area contributed by atoms with Crippen LogP contribution in [0.2, 0.25) is 0 Å². The largest absolute Gasteiger partial charge is 0.491 e. The van der Waals surface area contributed by atoms with Crippen molar-refractivity contribution in [2.45, 2.75) is 31.4 Å². The van der Waals surface area contributed by atoms with E-state index in [0.29, 0.717) is 11.4 Å². The Kier molecular flexibility index (Phi) is 4.74. The molecule has 0 amide bonds. The van der Waals surface area contributed by atoms with Crippen molar-refractivity contribution in [3.8, 4) is 5.75 Å². The van der Waals surface area contributed by atoms with Gasteiger partial charge in [0.2, 0.25) is 10.0 Å². The molecule has 0 aliphatic carbocycles. The van der Waals surface area contributed by atoms with Gasteiger partial charge in [0, 0.05) is 5.38 Å². The molecule has 2 aromatic rings. The molecule has 1 aromatic carbocycles. The zero-order chi connectivity index (χ0) is 14.6. The summed E-state index contributed by atoms with van der Waals surface area (Å²) in [6.07, 6.45) is 0.0558. The second-order valence-electron chi connectivity index (χ2n) is 4.44. The zero-order valence-corrected chi connectivity index (χ0v) is 12.9. The fourth-order valence-corrected chi connectivity index (χ4v) is 3.10. The molecule has 0 fully saturated rings. The number of ether oxygens (including phenoxy) is 1. The lowest BCUT2D eigenvalue weighted by Gasteiger charge is -2.10. The van der Waals surface area contributed by atoms with Gasteiger partial charge in [0.05, 0.1) is 28.7 Å². The van der Waals surface area contributed by atoms with Crippen molar-refractivity contribution < 1.29 is 13.2 Å². The standard InChI is InChI=1S/C13H16N2O3S2/c1-10(2)18-12-3-5-13(6-4-12)20(16,17)15-7-11-8-19-9-14-11/h3-6,8-10,15H,7H2,1-2H3. The summed E-state index contributed by atoms with van der Waals surface area (Å²) in [5.41, 5.74) is 2.38. The molecule has 0 aliphatic rings. The molecule has 1 heterocycles. The summed E-state index contributed by atoms with van der Waals surface area (Å²) in [6.45, 7) is 4.02. The van der Waals surface area contributed by atoms with E-state index in [1.807, 2.05) is 19.2 Å². The van der Waals surface area contributed by atoms with Crippen LogP contribution in [-0.2, 0) is 16.6 Å². The third-order valence-electron chi connectivity index (χ3n) is 2.43. The summed E-state index contributed by atoms with van der Waals surface area (Å²) in [5.74, 6) is 0.651. The van der Waals surface area contributed by atoms with E-state index in [-0.39, 0.29) is 17.5 Å². The minimum absolute atomic E-state index is 0.0558. The topological polar surface area (TPSA) is 68.3 Å². The number of thiazole rings is 1. The van der Waals surface area contributed by atoms with E-state index >= 15 is 0 Å². The Morgan fingerprint density at radius 1 is 1.30 bits per heavy atom.